The minimum Gasteiger partial charge on any atom is -0.387 e. The van der Waals surface area contributed by atoms with E-state index in [1.807, 2.05) is 29.6 Å². The van der Waals surface area contributed by atoms with Crippen molar-refractivity contribution in [1.29, 1.82) is 0 Å². The average molecular weight is 323 g/mol. The Morgan fingerprint density at radius 1 is 1.22 bits per heavy atom. The molecule has 0 bridgehead atoms. The fourth-order valence-electron chi connectivity index (χ4n) is 1.88. The first kappa shape index (κ1) is 14.9. The lowest BCUT2D eigenvalue weighted by Gasteiger charge is -2.34. The van der Waals surface area contributed by atoms with Gasteiger partial charge >= 0.3 is 0 Å². The summed E-state index contributed by atoms with van der Waals surface area (Å²) in [6.07, 6.45) is -0.479. The number of hydrogen-bond donors (Lipinski definition) is 1. The highest BCUT2D eigenvalue weighted by atomic mass is 35.5. The molecule has 1 aliphatic rings. The largest absolute Gasteiger partial charge is 0.387 e. The van der Waals surface area contributed by atoms with Crippen molar-refractivity contribution in [3.05, 3.63) is 33.8 Å². The summed E-state index contributed by atoms with van der Waals surface area (Å²) in [5.74, 6) is 0.970. The SMILES string of the molecule is CC1SCC(C(O)c2ccc(Cl)c(Cl)c2)SC1C. The van der Waals surface area contributed by atoms with E-state index < -0.39 is 6.10 Å². The topological polar surface area (TPSA) is 20.2 Å². The summed E-state index contributed by atoms with van der Waals surface area (Å²) in [5.41, 5.74) is 0.851. The van der Waals surface area contributed by atoms with Gasteiger partial charge in [-0.05, 0) is 17.7 Å². The van der Waals surface area contributed by atoms with Gasteiger partial charge in [-0.1, -0.05) is 43.1 Å². The number of thioether (sulfide) groups is 2. The van der Waals surface area contributed by atoms with Crippen molar-refractivity contribution in [3.8, 4) is 0 Å². The Balaban J connectivity index is 2.11. The third-order valence-corrected chi connectivity index (χ3v) is 7.43. The van der Waals surface area contributed by atoms with Crippen molar-refractivity contribution in [2.24, 2.45) is 0 Å². The van der Waals surface area contributed by atoms with Crippen molar-refractivity contribution in [2.45, 2.75) is 35.7 Å². The van der Waals surface area contributed by atoms with Crippen LogP contribution in [0.4, 0.5) is 0 Å². The molecule has 1 aromatic carbocycles. The fourth-order valence-corrected chi connectivity index (χ4v) is 5.19. The lowest BCUT2D eigenvalue weighted by Crippen LogP contribution is -2.30. The maximum atomic E-state index is 10.4. The van der Waals surface area contributed by atoms with Crippen molar-refractivity contribution < 1.29 is 5.11 Å². The maximum absolute atomic E-state index is 10.4. The molecule has 1 saturated heterocycles. The van der Waals surface area contributed by atoms with E-state index in [1.54, 1.807) is 12.1 Å². The van der Waals surface area contributed by atoms with Crippen molar-refractivity contribution in [2.75, 3.05) is 5.75 Å². The van der Waals surface area contributed by atoms with Gasteiger partial charge in [-0.2, -0.15) is 23.5 Å². The first-order valence-corrected chi connectivity index (χ1v) is 8.64. The highest BCUT2D eigenvalue weighted by Crippen LogP contribution is 2.41. The Morgan fingerprint density at radius 2 is 1.94 bits per heavy atom. The van der Waals surface area contributed by atoms with Crippen LogP contribution in [0.15, 0.2) is 18.2 Å². The van der Waals surface area contributed by atoms with Crippen molar-refractivity contribution >= 4 is 46.7 Å². The summed E-state index contributed by atoms with van der Waals surface area (Å²) in [7, 11) is 0. The maximum Gasteiger partial charge on any atom is 0.0917 e. The first-order chi connectivity index (χ1) is 8.49. The molecule has 1 nitrogen and oxygen atoms in total. The number of aliphatic hydroxyl groups excluding tert-OH is 1. The van der Waals surface area contributed by atoms with E-state index >= 15 is 0 Å². The zero-order chi connectivity index (χ0) is 13.3. The number of halogens is 2. The smallest absolute Gasteiger partial charge is 0.0917 e. The van der Waals surface area contributed by atoms with Gasteiger partial charge in [-0.3, -0.25) is 0 Å². The average Bonchev–Trinajstić information content (AvgIpc) is 2.35. The molecule has 0 saturated carbocycles. The zero-order valence-electron chi connectivity index (χ0n) is 10.3. The van der Waals surface area contributed by atoms with Gasteiger partial charge in [0.05, 0.1) is 16.1 Å². The molecule has 1 aromatic rings. The molecule has 1 N–H and O–H groups in total. The van der Waals surface area contributed by atoms with E-state index in [4.69, 9.17) is 23.2 Å². The van der Waals surface area contributed by atoms with Gasteiger partial charge in [0.2, 0.25) is 0 Å². The summed E-state index contributed by atoms with van der Waals surface area (Å²) in [5, 5.41) is 12.9. The number of benzene rings is 1. The molecule has 0 spiro atoms. The van der Waals surface area contributed by atoms with Crippen LogP contribution in [0.25, 0.3) is 0 Å². The van der Waals surface area contributed by atoms with Crippen LogP contribution in [0.2, 0.25) is 10.0 Å². The molecule has 1 fully saturated rings. The minimum atomic E-state index is -0.479. The van der Waals surface area contributed by atoms with Crippen molar-refractivity contribution in [3.63, 3.8) is 0 Å². The van der Waals surface area contributed by atoms with Crippen LogP contribution in [-0.4, -0.2) is 26.6 Å². The third kappa shape index (κ3) is 3.31. The van der Waals surface area contributed by atoms with E-state index in [1.165, 1.54) is 0 Å². The molecule has 0 radical (unpaired) electrons. The second-order valence-electron chi connectivity index (χ2n) is 4.54. The lowest BCUT2D eigenvalue weighted by molar-refractivity contribution is 0.180. The van der Waals surface area contributed by atoms with Gasteiger partial charge in [-0.15, -0.1) is 0 Å². The molecule has 4 atom stereocenters. The second kappa shape index (κ2) is 6.27. The van der Waals surface area contributed by atoms with E-state index in [2.05, 4.69) is 13.8 Å². The van der Waals surface area contributed by atoms with Gasteiger partial charge in [-0.25, -0.2) is 0 Å². The normalized spacial score (nSPS) is 30.2. The standard InChI is InChI=1S/C13H16Cl2OS2/c1-7-8(2)18-12(6-17-7)13(16)9-3-4-10(14)11(15)5-9/h3-5,7-8,12-13,16H,6H2,1-2H3. The lowest BCUT2D eigenvalue weighted by atomic mass is 10.1. The van der Waals surface area contributed by atoms with Gasteiger partial charge in [0.25, 0.3) is 0 Å². The Morgan fingerprint density at radius 3 is 2.56 bits per heavy atom. The Labute approximate surface area is 127 Å². The molecule has 0 aliphatic carbocycles. The Kier molecular flexibility index (Phi) is 5.18. The van der Waals surface area contributed by atoms with Gasteiger partial charge < -0.3 is 5.11 Å². The highest BCUT2D eigenvalue weighted by molar-refractivity contribution is 8.07. The molecule has 18 heavy (non-hydrogen) atoms. The Bertz CT molecular complexity index is 427. The summed E-state index contributed by atoms with van der Waals surface area (Å²) >= 11 is 15.7. The van der Waals surface area contributed by atoms with E-state index in [0.29, 0.717) is 20.5 Å². The quantitative estimate of drug-likeness (QED) is 0.855. The second-order valence-corrected chi connectivity index (χ2v) is 8.38. The molecular formula is C13H16Cl2OS2. The highest BCUT2D eigenvalue weighted by Gasteiger charge is 2.31. The number of rotatable bonds is 2. The Hall–Kier alpha value is 0.460. The number of hydrogen-bond acceptors (Lipinski definition) is 3. The molecule has 1 aliphatic heterocycles. The van der Waals surface area contributed by atoms with E-state index in [-0.39, 0.29) is 5.25 Å². The van der Waals surface area contributed by atoms with Crippen LogP contribution in [0.3, 0.4) is 0 Å². The predicted molar refractivity (Wildman–Crippen MR) is 84.2 cm³/mol. The summed E-state index contributed by atoms with van der Waals surface area (Å²) in [6.45, 7) is 4.46. The molecular weight excluding hydrogens is 307 g/mol. The van der Waals surface area contributed by atoms with Crippen LogP contribution in [0.1, 0.15) is 25.5 Å². The molecule has 4 unspecified atom stereocenters. The summed E-state index contributed by atoms with van der Waals surface area (Å²) in [4.78, 5) is 0. The molecule has 100 valence electrons. The zero-order valence-corrected chi connectivity index (χ0v) is 13.4. The van der Waals surface area contributed by atoms with Gasteiger partial charge in [0, 0.05) is 21.5 Å². The van der Waals surface area contributed by atoms with Crippen LogP contribution >= 0.6 is 46.7 Å². The molecule has 0 amide bonds. The molecule has 5 heteroatoms. The number of aliphatic hydroxyl groups is 1. The van der Waals surface area contributed by atoms with Crippen LogP contribution in [0, 0.1) is 0 Å². The molecule has 2 rings (SSSR count). The third-order valence-electron chi connectivity index (χ3n) is 3.21. The minimum absolute atomic E-state index is 0.221. The van der Waals surface area contributed by atoms with Crippen LogP contribution < -0.4 is 0 Å². The van der Waals surface area contributed by atoms with Crippen molar-refractivity contribution in [1.82, 2.24) is 0 Å². The van der Waals surface area contributed by atoms with Gasteiger partial charge in [0.15, 0.2) is 0 Å². The first-order valence-electron chi connectivity index (χ1n) is 5.89. The van der Waals surface area contributed by atoms with E-state index in [9.17, 15) is 5.11 Å². The van der Waals surface area contributed by atoms with E-state index in [0.717, 1.165) is 11.3 Å². The van der Waals surface area contributed by atoms with Gasteiger partial charge in [0.1, 0.15) is 0 Å². The molecule has 1 heterocycles. The predicted octanol–water partition coefficient (Wildman–Crippen LogP) is 4.65. The summed E-state index contributed by atoms with van der Waals surface area (Å²) in [6, 6.07) is 5.37. The monoisotopic (exact) mass is 322 g/mol. The van der Waals surface area contributed by atoms with Crippen LogP contribution in [0.5, 0.6) is 0 Å². The summed E-state index contributed by atoms with van der Waals surface area (Å²) < 4.78 is 0. The molecule has 0 aromatic heterocycles. The fraction of sp³-hybridized carbons (Fsp3) is 0.538. The van der Waals surface area contributed by atoms with Crippen LogP contribution in [-0.2, 0) is 0 Å².